The van der Waals surface area contributed by atoms with E-state index in [9.17, 15) is 19.2 Å². The van der Waals surface area contributed by atoms with Crippen molar-refractivity contribution in [3.63, 3.8) is 0 Å². The Morgan fingerprint density at radius 2 is 1.07 bits per heavy atom. The van der Waals surface area contributed by atoms with Crippen LogP contribution in [0.15, 0.2) is 60.7 Å². The molecule has 8 heteroatoms. The second-order valence-electron chi connectivity index (χ2n) is 6.31. The minimum absolute atomic E-state index is 0.246. The van der Waals surface area contributed by atoms with Gasteiger partial charge in [0, 0.05) is 0 Å². The highest BCUT2D eigenvalue weighted by Gasteiger charge is 2.52. The minimum atomic E-state index is -1.45. The van der Waals surface area contributed by atoms with Crippen LogP contribution in [0.5, 0.6) is 0 Å². The molecule has 0 aliphatic heterocycles. The van der Waals surface area contributed by atoms with E-state index < -0.39 is 29.2 Å². The van der Waals surface area contributed by atoms with Gasteiger partial charge in [-0.2, -0.15) is 11.0 Å². The Balaban J connectivity index is 1.56. The lowest BCUT2D eigenvalue weighted by Crippen LogP contribution is -2.55. The standard InChI is InChI=1S/C20H18N2O6/c23-16(14-8-3-1-4-9-14)27-21-18(25)20(12-7-13-20)19(26)22-28-17(24)15-10-5-2-6-11-15/h1-6,8-11H,7,12-13H2,(H,21,25)(H,22,26). The fourth-order valence-corrected chi connectivity index (χ4v) is 2.73. The summed E-state index contributed by atoms with van der Waals surface area (Å²) in [7, 11) is 0. The van der Waals surface area contributed by atoms with Crippen molar-refractivity contribution in [3.8, 4) is 0 Å². The first kappa shape index (κ1) is 19.1. The first-order valence-corrected chi connectivity index (χ1v) is 8.66. The zero-order valence-electron chi connectivity index (χ0n) is 14.8. The molecule has 2 N–H and O–H groups in total. The first-order valence-electron chi connectivity index (χ1n) is 8.66. The average Bonchev–Trinajstić information content (AvgIpc) is 2.70. The van der Waals surface area contributed by atoms with Crippen molar-refractivity contribution in [2.75, 3.05) is 0 Å². The number of carbonyl (C=O) groups excluding carboxylic acids is 4. The van der Waals surface area contributed by atoms with E-state index in [4.69, 9.17) is 9.68 Å². The summed E-state index contributed by atoms with van der Waals surface area (Å²) in [6.45, 7) is 0. The molecule has 8 nitrogen and oxygen atoms in total. The molecule has 144 valence electrons. The lowest BCUT2D eigenvalue weighted by Gasteiger charge is -2.37. The predicted octanol–water partition coefficient (Wildman–Crippen LogP) is 1.93. The van der Waals surface area contributed by atoms with E-state index >= 15 is 0 Å². The van der Waals surface area contributed by atoms with E-state index in [-0.39, 0.29) is 24.0 Å². The summed E-state index contributed by atoms with van der Waals surface area (Å²) >= 11 is 0. The van der Waals surface area contributed by atoms with Crippen LogP contribution in [0.25, 0.3) is 0 Å². The van der Waals surface area contributed by atoms with E-state index in [0.717, 1.165) is 0 Å². The van der Waals surface area contributed by atoms with Gasteiger partial charge in [-0.25, -0.2) is 9.59 Å². The largest absolute Gasteiger partial charge is 0.362 e. The normalized spacial score (nSPS) is 14.1. The summed E-state index contributed by atoms with van der Waals surface area (Å²) in [4.78, 5) is 58.3. The molecule has 1 fully saturated rings. The molecule has 0 heterocycles. The Hall–Kier alpha value is -3.68. The highest BCUT2D eigenvalue weighted by molar-refractivity contribution is 6.06. The molecule has 1 aliphatic rings. The lowest BCUT2D eigenvalue weighted by atomic mass is 9.67. The summed E-state index contributed by atoms with van der Waals surface area (Å²) in [5.41, 5.74) is 3.13. The van der Waals surface area contributed by atoms with Crippen LogP contribution in [0.3, 0.4) is 0 Å². The van der Waals surface area contributed by atoms with Gasteiger partial charge in [0.25, 0.3) is 11.8 Å². The fraction of sp³-hybridized carbons (Fsp3) is 0.200. The molecule has 1 saturated carbocycles. The van der Waals surface area contributed by atoms with Crippen LogP contribution in [-0.2, 0) is 19.3 Å². The Bertz CT molecular complexity index is 809. The quantitative estimate of drug-likeness (QED) is 0.618. The van der Waals surface area contributed by atoms with Gasteiger partial charge < -0.3 is 9.68 Å². The van der Waals surface area contributed by atoms with Crippen molar-refractivity contribution in [1.29, 1.82) is 0 Å². The summed E-state index contributed by atoms with van der Waals surface area (Å²) in [6, 6.07) is 16.2. The summed E-state index contributed by atoms with van der Waals surface area (Å²) in [5.74, 6) is -3.04. The van der Waals surface area contributed by atoms with E-state index in [2.05, 4.69) is 0 Å². The number of amides is 2. The number of benzene rings is 2. The maximum absolute atomic E-state index is 12.4. The van der Waals surface area contributed by atoms with Gasteiger partial charge in [0.15, 0.2) is 0 Å². The summed E-state index contributed by atoms with van der Waals surface area (Å²) in [6.07, 6.45) is 1.13. The maximum atomic E-state index is 12.4. The number of hydrogen-bond acceptors (Lipinski definition) is 6. The summed E-state index contributed by atoms with van der Waals surface area (Å²) < 4.78 is 0. The number of rotatable bonds is 4. The van der Waals surface area contributed by atoms with E-state index in [0.29, 0.717) is 6.42 Å². The topological polar surface area (TPSA) is 111 Å². The molecule has 2 aromatic carbocycles. The zero-order valence-corrected chi connectivity index (χ0v) is 14.8. The highest BCUT2D eigenvalue weighted by atomic mass is 16.7. The number of hydrogen-bond donors (Lipinski definition) is 2. The van der Waals surface area contributed by atoms with Crippen molar-refractivity contribution in [1.82, 2.24) is 11.0 Å². The van der Waals surface area contributed by atoms with Gasteiger partial charge in [-0.3, -0.25) is 9.59 Å². The van der Waals surface area contributed by atoms with Gasteiger partial charge in [-0.15, -0.1) is 0 Å². The van der Waals surface area contributed by atoms with Gasteiger partial charge in [0.1, 0.15) is 5.41 Å². The van der Waals surface area contributed by atoms with Crippen molar-refractivity contribution in [3.05, 3.63) is 71.8 Å². The Kier molecular flexibility index (Phi) is 5.69. The van der Waals surface area contributed by atoms with Gasteiger partial charge in [-0.1, -0.05) is 42.8 Å². The van der Waals surface area contributed by atoms with Crippen LogP contribution in [0.1, 0.15) is 40.0 Å². The average molecular weight is 382 g/mol. The third kappa shape index (κ3) is 4.01. The molecule has 0 atom stereocenters. The molecule has 2 aromatic rings. The molecule has 0 saturated heterocycles. The SMILES string of the molecule is O=C(ONC(=O)C1(C(=O)NOC(=O)c2ccccc2)CCC1)c1ccccc1. The summed E-state index contributed by atoms with van der Waals surface area (Å²) in [5, 5.41) is 0. The van der Waals surface area contributed by atoms with Gasteiger partial charge in [0.2, 0.25) is 0 Å². The van der Waals surface area contributed by atoms with Crippen molar-refractivity contribution >= 4 is 23.8 Å². The molecule has 0 radical (unpaired) electrons. The van der Waals surface area contributed by atoms with Crippen LogP contribution < -0.4 is 11.0 Å². The molecule has 28 heavy (non-hydrogen) atoms. The fourth-order valence-electron chi connectivity index (χ4n) is 2.73. The monoisotopic (exact) mass is 382 g/mol. The molecule has 0 unspecified atom stereocenters. The molecule has 2 amide bonds. The number of carbonyl (C=O) groups is 4. The molecule has 0 bridgehead atoms. The molecule has 3 rings (SSSR count). The highest BCUT2D eigenvalue weighted by Crippen LogP contribution is 2.41. The Labute approximate surface area is 160 Å². The third-order valence-corrected chi connectivity index (χ3v) is 4.57. The second kappa shape index (κ2) is 8.34. The number of hydroxylamine groups is 2. The van der Waals surface area contributed by atoms with Crippen LogP contribution in [-0.4, -0.2) is 23.8 Å². The minimum Gasteiger partial charge on any atom is -0.335 e. The first-order chi connectivity index (χ1) is 13.5. The molecular formula is C20H18N2O6. The van der Waals surface area contributed by atoms with Gasteiger partial charge in [-0.05, 0) is 37.1 Å². The molecular weight excluding hydrogens is 364 g/mol. The van der Waals surface area contributed by atoms with E-state index in [1.54, 1.807) is 36.4 Å². The van der Waals surface area contributed by atoms with Crippen LogP contribution in [0.4, 0.5) is 0 Å². The maximum Gasteiger partial charge on any atom is 0.362 e. The molecule has 0 aromatic heterocycles. The molecule has 0 spiro atoms. The third-order valence-electron chi connectivity index (χ3n) is 4.57. The smallest absolute Gasteiger partial charge is 0.335 e. The van der Waals surface area contributed by atoms with Crippen LogP contribution in [0, 0.1) is 5.41 Å². The van der Waals surface area contributed by atoms with Crippen LogP contribution >= 0.6 is 0 Å². The van der Waals surface area contributed by atoms with Crippen LogP contribution in [0.2, 0.25) is 0 Å². The van der Waals surface area contributed by atoms with Crippen molar-refractivity contribution < 1.29 is 28.9 Å². The lowest BCUT2D eigenvalue weighted by molar-refractivity contribution is -0.160. The molecule has 1 aliphatic carbocycles. The zero-order chi connectivity index (χ0) is 20.0. The van der Waals surface area contributed by atoms with E-state index in [1.807, 2.05) is 11.0 Å². The predicted molar refractivity (Wildman–Crippen MR) is 96.3 cm³/mol. The number of nitrogens with one attached hydrogen (secondary N) is 2. The van der Waals surface area contributed by atoms with Gasteiger partial charge in [0.05, 0.1) is 11.1 Å². The Morgan fingerprint density at radius 1 is 0.679 bits per heavy atom. The van der Waals surface area contributed by atoms with Crippen molar-refractivity contribution in [2.24, 2.45) is 5.41 Å². The Morgan fingerprint density at radius 3 is 1.39 bits per heavy atom. The van der Waals surface area contributed by atoms with E-state index in [1.165, 1.54) is 24.3 Å². The van der Waals surface area contributed by atoms with Gasteiger partial charge >= 0.3 is 11.9 Å². The second-order valence-corrected chi connectivity index (χ2v) is 6.31. The van der Waals surface area contributed by atoms with Crippen molar-refractivity contribution in [2.45, 2.75) is 19.3 Å².